The SMILES string of the molecule is COc1ccc(NS(=O)(=O)c2ccc(F)c(C(=O)[O-])c2)c(OC)c1. The average molecular weight is 354 g/mol. The summed E-state index contributed by atoms with van der Waals surface area (Å²) in [5.74, 6) is -2.25. The van der Waals surface area contributed by atoms with Gasteiger partial charge in [-0.1, -0.05) is 0 Å². The van der Waals surface area contributed by atoms with Crippen molar-refractivity contribution in [2.75, 3.05) is 18.9 Å². The van der Waals surface area contributed by atoms with Crippen LogP contribution in [0.4, 0.5) is 10.1 Å². The number of sulfonamides is 1. The van der Waals surface area contributed by atoms with E-state index in [0.29, 0.717) is 11.8 Å². The van der Waals surface area contributed by atoms with E-state index in [-0.39, 0.29) is 11.4 Å². The van der Waals surface area contributed by atoms with Crippen molar-refractivity contribution in [1.82, 2.24) is 0 Å². The number of rotatable bonds is 6. The number of carboxylic acid groups (broad SMARTS) is 1. The molecular formula is C15H13FNO6S-. The van der Waals surface area contributed by atoms with E-state index in [9.17, 15) is 22.7 Å². The predicted octanol–water partition coefficient (Wildman–Crippen LogP) is 1.01. The zero-order chi connectivity index (χ0) is 17.9. The van der Waals surface area contributed by atoms with Crippen LogP contribution in [0.15, 0.2) is 41.3 Å². The Hall–Kier alpha value is -2.81. The molecule has 2 aromatic rings. The number of methoxy groups -OCH3 is 2. The van der Waals surface area contributed by atoms with Crippen LogP contribution < -0.4 is 19.3 Å². The van der Waals surface area contributed by atoms with Crippen LogP contribution in [-0.2, 0) is 10.0 Å². The highest BCUT2D eigenvalue weighted by atomic mass is 32.2. The molecule has 0 aliphatic heterocycles. The first kappa shape index (κ1) is 17.5. The summed E-state index contributed by atoms with van der Waals surface area (Å²) in [5.41, 5.74) is -0.739. The second-order valence-corrected chi connectivity index (χ2v) is 6.28. The summed E-state index contributed by atoms with van der Waals surface area (Å²) in [6.07, 6.45) is 0. The first-order chi connectivity index (χ1) is 11.3. The fourth-order valence-electron chi connectivity index (χ4n) is 1.91. The molecule has 0 amide bonds. The van der Waals surface area contributed by atoms with Crippen LogP contribution in [-0.4, -0.2) is 28.6 Å². The van der Waals surface area contributed by atoms with Crippen LogP contribution >= 0.6 is 0 Å². The van der Waals surface area contributed by atoms with Crippen molar-refractivity contribution < 1.29 is 32.2 Å². The van der Waals surface area contributed by atoms with Gasteiger partial charge in [0.25, 0.3) is 10.0 Å². The Morgan fingerprint density at radius 3 is 2.42 bits per heavy atom. The van der Waals surface area contributed by atoms with Gasteiger partial charge in [-0.2, -0.15) is 0 Å². The number of hydrogen-bond acceptors (Lipinski definition) is 6. The molecule has 0 radical (unpaired) electrons. The number of ether oxygens (including phenoxy) is 2. The normalized spacial score (nSPS) is 11.0. The van der Waals surface area contributed by atoms with Gasteiger partial charge in [0.15, 0.2) is 0 Å². The third-order valence-electron chi connectivity index (χ3n) is 3.12. The van der Waals surface area contributed by atoms with Crippen molar-refractivity contribution in [3.8, 4) is 11.5 Å². The molecule has 0 bridgehead atoms. The van der Waals surface area contributed by atoms with E-state index >= 15 is 0 Å². The van der Waals surface area contributed by atoms with E-state index in [1.165, 1.54) is 32.4 Å². The number of anilines is 1. The number of carbonyl (C=O) groups is 1. The van der Waals surface area contributed by atoms with Crippen LogP contribution in [0.2, 0.25) is 0 Å². The van der Waals surface area contributed by atoms with Gasteiger partial charge in [0.05, 0.1) is 30.8 Å². The number of aromatic carboxylic acids is 1. The Morgan fingerprint density at radius 1 is 1.12 bits per heavy atom. The summed E-state index contributed by atoms with van der Waals surface area (Å²) in [7, 11) is -1.38. The molecule has 0 aliphatic carbocycles. The van der Waals surface area contributed by atoms with Crippen LogP contribution in [0.25, 0.3) is 0 Å². The lowest BCUT2D eigenvalue weighted by molar-refractivity contribution is -0.255. The smallest absolute Gasteiger partial charge is 0.262 e. The van der Waals surface area contributed by atoms with Gasteiger partial charge in [-0.15, -0.1) is 0 Å². The summed E-state index contributed by atoms with van der Waals surface area (Å²) in [5, 5.41) is 10.8. The minimum Gasteiger partial charge on any atom is -0.545 e. The molecule has 7 nitrogen and oxygen atoms in total. The third kappa shape index (κ3) is 3.57. The fourth-order valence-corrected chi connectivity index (χ4v) is 3.01. The topological polar surface area (TPSA) is 105 Å². The molecule has 0 atom stereocenters. The molecule has 0 aliphatic rings. The molecule has 1 N–H and O–H groups in total. The number of benzene rings is 2. The van der Waals surface area contributed by atoms with Gasteiger partial charge in [-0.3, -0.25) is 4.72 Å². The number of halogens is 1. The maximum atomic E-state index is 13.4. The Morgan fingerprint density at radius 2 is 1.83 bits per heavy atom. The van der Waals surface area contributed by atoms with Gasteiger partial charge in [-0.05, 0) is 30.3 Å². The van der Waals surface area contributed by atoms with Crippen LogP contribution in [0, 0.1) is 5.82 Å². The summed E-state index contributed by atoms with van der Waals surface area (Å²) in [6, 6.07) is 6.76. The Labute approximate surface area is 137 Å². The van der Waals surface area contributed by atoms with Gasteiger partial charge in [0.1, 0.15) is 17.3 Å². The maximum Gasteiger partial charge on any atom is 0.262 e. The van der Waals surface area contributed by atoms with Crippen molar-refractivity contribution >= 4 is 21.7 Å². The molecule has 0 unspecified atom stereocenters. The summed E-state index contributed by atoms with van der Waals surface area (Å²) < 4.78 is 50.5. The predicted molar refractivity (Wildman–Crippen MR) is 81.1 cm³/mol. The molecule has 24 heavy (non-hydrogen) atoms. The summed E-state index contributed by atoms with van der Waals surface area (Å²) in [6.45, 7) is 0. The van der Waals surface area contributed by atoms with E-state index in [1.54, 1.807) is 0 Å². The Kier molecular flexibility index (Phi) is 4.93. The highest BCUT2D eigenvalue weighted by Crippen LogP contribution is 2.31. The van der Waals surface area contributed by atoms with Gasteiger partial charge in [0.2, 0.25) is 0 Å². The first-order valence-corrected chi connectivity index (χ1v) is 8.02. The molecule has 0 spiro atoms. The summed E-state index contributed by atoms with van der Waals surface area (Å²) >= 11 is 0. The van der Waals surface area contributed by atoms with Gasteiger partial charge >= 0.3 is 0 Å². The number of carbonyl (C=O) groups excluding carboxylic acids is 1. The molecule has 0 saturated heterocycles. The Bertz CT molecular complexity index is 882. The molecule has 2 aromatic carbocycles. The zero-order valence-corrected chi connectivity index (χ0v) is 13.5. The highest BCUT2D eigenvalue weighted by Gasteiger charge is 2.19. The van der Waals surface area contributed by atoms with E-state index in [0.717, 1.165) is 12.1 Å². The molecule has 9 heteroatoms. The standard InChI is InChI=1S/C15H14FNO6S/c1-22-9-3-6-13(14(7-9)23-2)17-24(20,21)10-4-5-12(16)11(8-10)15(18)19/h3-8,17H,1-2H3,(H,18,19)/p-1. The molecular weight excluding hydrogens is 341 g/mol. The van der Waals surface area contributed by atoms with Gasteiger partial charge in [-0.25, -0.2) is 12.8 Å². The minimum absolute atomic E-state index is 0.109. The quantitative estimate of drug-likeness (QED) is 0.830. The minimum atomic E-state index is -4.17. The first-order valence-electron chi connectivity index (χ1n) is 6.54. The molecule has 0 saturated carbocycles. The number of carboxylic acids is 1. The van der Waals surface area contributed by atoms with Crippen LogP contribution in [0.1, 0.15) is 10.4 Å². The molecule has 0 aromatic heterocycles. The maximum absolute atomic E-state index is 13.4. The van der Waals surface area contributed by atoms with Crippen molar-refractivity contribution in [2.24, 2.45) is 0 Å². The zero-order valence-electron chi connectivity index (χ0n) is 12.7. The second kappa shape index (κ2) is 6.75. The van der Waals surface area contributed by atoms with Crippen molar-refractivity contribution in [3.05, 3.63) is 47.8 Å². The van der Waals surface area contributed by atoms with Gasteiger partial charge < -0.3 is 19.4 Å². The fraction of sp³-hybridized carbons (Fsp3) is 0.133. The van der Waals surface area contributed by atoms with Crippen LogP contribution in [0.5, 0.6) is 11.5 Å². The van der Waals surface area contributed by atoms with Crippen molar-refractivity contribution in [2.45, 2.75) is 4.90 Å². The van der Waals surface area contributed by atoms with Gasteiger partial charge in [0, 0.05) is 11.6 Å². The summed E-state index contributed by atoms with van der Waals surface area (Å²) in [4.78, 5) is 10.4. The van der Waals surface area contributed by atoms with Crippen molar-refractivity contribution in [1.29, 1.82) is 0 Å². The molecule has 0 heterocycles. The molecule has 0 fully saturated rings. The second-order valence-electron chi connectivity index (χ2n) is 4.60. The van der Waals surface area contributed by atoms with E-state index in [1.807, 2.05) is 0 Å². The van der Waals surface area contributed by atoms with Crippen molar-refractivity contribution in [3.63, 3.8) is 0 Å². The largest absolute Gasteiger partial charge is 0.545 e. The lowest BCUT2D eigenvalue weighted by atomic mass is 10.2. The number of nitrogens with one attached hydrogen (secondary N) is 1. The van der Waals surface area contributed by atoms with Crippen LogP contribution in [0.3, 0.4) is 0 Å². The third-order valence-corrected chi connectivity index (χ3v) is 4.48. The average Bonchev–Trinajstić information content (AvgIpc) is 2.54. The molecule has 128 valence electrons. The Balaban J connectivity index is 2.42. The lowest BCUT2D eigenvalue weighted by Crippen LogP contribution is -2.24. The number of hydrogen-bond donors (Lipinski definition) is 1. The lowest BCUT2D eigenvalue weighted by Gasteiger charge is -2.14. The molecule has 2 rings (SSSR count). The van der Waals surface area contributed by atoms with E-state index in [4.69, 9.17) is 9.47 Å². The van der Waals surface area contributed by atoms with E-state index in [2.05, 4.69) is 4.72 Å². The highest BCUT2D eigenvalue weighted by molar-refractivity contribution is 7.92. The monoisotopic (exact) mass is 354 g/mol. The van der Waals surface area contributed by atoms with E-state index < -0.39 is 32.3 Å².